The minimum Gasteiger partial charge on any atom is -0.444 e. The number of nitrogens with zero attached hydrogens (tertiary/aromatic N) is 3. The van der Waals surface area contributed by atoms with Crippen LogP contribution in [0.1, 0.15) is 103 Å². The number of hydrogen-bond donors (Lipinski definition) is 4. The zero-order valence-electron chi connectivity index (χ0n) is 34.9. The number of urea groups is 1. The zero-order chi connectivity index (χ0) is 42.6. The number of fused-ring (bicyclic) bond motifs is 1. The van der Waals surface area contributed by atoms with Crippen LogP contribution in [0.3, 0.4) is 0 Å². The van der Waals surface area contributed by atoms with Crippen LogP contribution in [0.4, 0.5) is 9.59 Å². The number of sulfonamides is 1. The van der Waals surface area contributed by atoms with Crippen molar-refractivity contribution >= 4 is 45.7 Å². The van der Waals surface area contributed by atoms with Gasteiger partial charge in [0.05, 0.1) is 18.8 Å². The smallest absolute Gasteiger partial charge is 0.410 e. The Morgan fingerprint density at radius 1 is 0.983 bits per heavy atom. The van der Waals surface area contributed by atoms with Crippen molar-refractivity contribution < 1.29 is 41.9 Å². The molecule has 322 valence electrons. The van der Waals surface area contributed by atoms with Crippen molar-refractivity contribution in [1.29, 1.82) is 0 Å². The predicted molar refractivity (Wildman–Crippen MR) is 216 cm³/mol. The molecule has 17 heteroatoms. The van der Waals surface area contributed by atoms with Gasteiger partial charge in [0.2, 0.25) is 27.6 Å². The van der Waals surface area contributed by atoms with E-state index in [2.05, 4.69) is 16.0 Å². The van der Waals surface area contributed by atoms with E-state index in [4.69, 9.17) is 10.5 Å². The fourth-order valence-corrected chi connectivity index (χ4v) is 9.00. The molecule has 6 amide bonds. The third-order valence-corrected chi connectivity index (χ3v) is 14.0. The van der Waals surface area contributed by atoms with E-state index in [1.165, 1.54) is 11.9 Å². The summed E-state index contributed by atoms with van der Waals surface area (Å²) in [6.45, 7) is 8.17. The summed E-state index contributed by atoms with van der Waals surface area (Å²) < 4.78 is 31.8. The lowest BCUT2D eigenvalue weighted by atomic mass is 9.70. The summed E-state index contributed by atoms with van der Waals surface area (Å²) in [5.41, 5.74) is 6.26. The number of ether oxygens (including phenoxy) is 1. The van der Waals surface area contributed by atoms with Gasteiger partial charge < -0.3 is 36.2 Å². The Bertz CT molecular complexity index is 1820. The quantitative estimate of drug-likeness (QED) is 0.203. The van der Waals surface area contributed by atoms with Crippen LogP contribution in [-0.2, 0) is 46.9 Å². The van der Waals surface area contributed by atoms with Crippen molar-refractivity contribution in [3.63, 3.8) is 0 Å². The van der Waals surface area contributed by atoms with Gasteiger partial charge in [-0.2, -0.15) is 0 Å². The SMILES string of the molecule is CN(C[C@@H](NC(=O)N[C@H](C(=O)N1C[C@H](OC(=O)N2CCc3ccccc3C2)C[C@H]1C(=O)NC(CC1CCC1)C(=O)C(N)=O)C1(C)CCCCC1)C(C)(C)C)S(C)(=O)=O. The number of nitrogens with two attached hydrogens (primary N) is 1. The number of likely N-dealkylation sites (N-methyl/N-ethyl adjacent to an activating group) is 1. The number of benzene rings is 1. The molecule has 5 atom stereocenters. The second-order valence-electron chi connectivity index (χ2n) is 18.2. The number of amides is 6. The van der Waals surface area contributed by atoms with Crippen molar-refractivity contribution in [3.05, 3.63) is 35.4 Å². The highest BCUT2D eigenvalue weighted by atomic mass is 32.2. The molecular formula is C41H63N7O9S. The standard InChI is InChI=1S/C41H63N7O9S/c1-40(2,3)32(25-46(5)58(6,55)56)44-38(53)45-34(41(4)18-10-7-11-19-41)37(52)48-24-29(57-39(54)47-20-17-27-15-8-9-16-28(27)23-47)22-31(48)36(51)43-30(33(49)35(42)50)21-26-13-12-14-26/h8-9,15-16,26,29-32,34H,7,10-14,17-25H2,1-6H3,(H2,42,50)(H,43,51)(H2,44,45,53)/t29-,30?,31+,32-,34-/m1/s1. The molecule has 2 saturated carbocycles. The lowest BCUT2D eigenvalue weighted by Crippen LogP contribution is -2.63. The van der Waals surface area contributed by atoms with Crippen molar-refractivity contribution in [2.24, 2.45) is 22.5 Å². The molecule has 2 aliphatic carbocycles. The van der Waals surface area contributed by atoms with Crippen LogP contribution < -0.4 is 21.7 Å². The van der Waals surface area contributed by atoms with E-state index in [9.17, 15) is 32.4 Å². The molecular weight excluding hydrogens is 767 g/mol. The highest BCUT2D eigenvalue weighted by Gasteiger charge is 2.50. The van der Waals surface area contributed by atoms with E-state index in [0.717, 1.165) is 60.2 Å². The first-order valence-corrected chi connectivity index (χ1v) is 22.5. The predicted octanol–water partition coefficient (Wildman–Crippen LogP) is 2.82. The molecule has 0 radical (unpaired) electrons. The summed E-state index contributed by atoms with van der Waals surface area (Å²) in [5, 5.41) is 8.58. The summed E-state index contributed by atoms with van der Waals surface area (Å²) in [4.78, 5) is 84.9. The summed E-state index contributed by atoms with van der Waals surface area (Å²) >= 11 is 0. The maximum atomic E-state index is 15.0. The Hall–Kier alpha value is -4.25. The number of Topliss-reactive ketones (excluding diaryl/α,β-unsaturated/α-hetero) is 1. The molecule has 16 nitrogen and oxygen atoms in total. The lowest BCUT2D eigenvalue weighted by Gasteiger charge is -2.43. The molecule has 1 saturated heterocycles. The summed E-state index contributed by atoms with van der Waals surface area (Å²) in [5.74, 6) is -3.21. The number of likely N-dealkylation sites (tertiary alicyclic amines) is 1. The van der Waals surface area contributed by atoms with E-state index in [-0.39, 0.29) is 31.8 Å². The summed E-state index contributed by atoms with van der Waals surface area (Å²) in [7, 11) is -2.13. The maximum absolute atomic E-state index is 15.0. The molecule has 0 bridgehead atoms. The minimum atomic E-state index is -3.56. The third-order valence-electron chi connectivity index (χ3n) is 12.7. The van der Waals surface area contributed by atoms with Crippen LogP contribution >= 0.6 is 0 Å². The number of primary amides is 1. The number of hydrogen-bond acceptors (Lipinski definition) is 9. The van der Waals surface area contributed by atoms with Crippen LogP contribution in [0.15, 0.2) is 24.3 Å². The van der Waals surface area contributed by atoms with Crippen molar-refractivity contribution in [3.8, 4) is 0 Å². The van der Waals surface area contributed by atoms with Crippen LogP contribution in [0.25, 0.3) is 0 Å². The molecule has 58 heavy (non-hydrogen) atoms. The Balaban J connectivity index is 1.42. The number of carbonyl (C=O) groups excluding carboxylic acids is 6. The van der Waals surface area contributed by atoms with Crippen LogP contribution in [0.2, 0.25) is 0 Å². The second-order valence-corrected chi connectivity index (χ2v) is 20.3. The average molecular weight is 830 g/mol. The first kappa shape index (κ1) is 44.8. The van der Waals surface area contributed by atoms with Crippen LogP contribution in [0, 0.1) is 16.7 Å². The van der Waals surface area contributed by atoms with Gasteiger partial charge in [-0.3, -0.25) is 19.2 Å². The first-order chi connectivity index (χ1) is 27.2. The Morgan fingerprint density at radius 3 is 2.22 bits per heavy atom. The van der Waals surface area contributed by atoms with Crippen molar-refractivity contribution in [1.82, 2.24) is 30.1 Å². The van der Waals surface area contributed by atoms with Gasteiger partial charge in [0.1, 0.15) is 18.2 Å². The van der Waals surface area contributed by atoms with Gasteiger partial charge in [-0.15, -0.1) is 0 Å². The highest BCUT2D eigenvalue weighted by Crippen LogP contribution is 2.40. The number of ketones is 1. The van der Waals surface area contributed by atoms with Gasteiger partial charge in [0, 0.05) is 39.1 Å². The average Bonchev–Trinajstić information content (AvgIpc) is 3.56. The molecule has 2 aliphatic heterocycles. The molecule has 0 aromatic heterocycles. The number of nitrogens with one attached hydrogen (secondary N) is 3. The van der Waals surface area contributed by atoms with E-state index in [1.807, 2.05) is 52.0 Å². The highest BCUT2D eigenvalue weighted by molar-refractivity contribution is 7.88. The van der Waals surface area contributed by atoms with E-state index < -0.39 is 86.8 Å². The summed E-state index contributed by atoms with van der Waals surface area (Å²) in [6.07, 6.45) is 6.89. The molecule has 5 N–H and O–H groups in total. The molecule has 2 heterocycles. The Kier molecular flexibility index (Phi) is 14.2. The third kappa shape index (κ3) is 11.1. The van der Waals surface area contributed by atoms with Gasteiger partial charge in [0.25, 0.3) is 5.91 Å². The van der Waals surface area contributed by atoms with E-state index >= 15 is 4.79 Å². The zero-order valence-corrected chi connectivity index (χ0v) is 35.7. The fraction of sp³-hybridized carbons (Fsp3) is 0.707. The largest absolute Gasteiger partial charge is 0.444 e. The van der Waals surface area contributed by atoms with Crippen molar-refractivity contribution in [2.75, 3.05) is 32.9 Å². The molecule has 5 rings (SSSR count). The Morgan fingerprint density at radius 2 is 1.64 bits per heavy atom. The molecule has 1 aromatic rings. The van der Waals surface area contributed by atoms with Gasteiger partial charge in [-0.25, -0.2) is 22.3 Å². The topological polar surface area (TPSA) is 218 Å². The second kappa shape index (κ2) is 18.3. The first-order valence-electron chi connectivity index (χ1n) is 20.6. The van der Waals surface area contributed by atoms with Gasteiger partial charge in [0.15, 0.2) is 0 Å². The Labute approximate surface area is 342 Å². The van der Waals surface area contributed by atoms with Gasteiger partial charge in [-0.1, -0.05) is 90.5 Å². The summed E-state index contributed by atoms with van der Waals surface area (Å²) in [6, 6.07) is 3.02. The maximum Gasteiger partial charge on any atom is 0.410 e. The number of carbonyl (C=O) groups is 6. The molecule has 4 aliphatic rings. The van der Waals surface area contributed by atoms with Crippen LogP contribution in [0.5, 0.6) is 0 Å². The van der Waals surface area contributed by atoms with Gasteiger partial charge >= 0.3 is 12.1 Å². The molecule has 1 aromatic carbocycles. The van der Waals surface area contributed by atoms with Gasteiger partial charge in [-0.05, 0) is 53.6 Å². The minimum absolute atomic E-state index is 0.0122. The van der Waals surface area contributed by atoms with Crippen LogP contribution in [-0.4, -0.2) is 121 Å². The molecule has 0 spiro atoms. The molecule has 1 unspecified atom stereocenters. The van der Waals surface area contributed by atoms with Crippen molar-refractivity contribution in [2.45, 2.75) is 135 Å². The lowest BCUT2D eigenvalue weighted by molar-refractivity contribution is -0.144. The number of rotatable bonds is 14. The van der Waals surface area contributed by atoms with E-state index in [1.54, 1.807) is 4.90 Å². The fourth-order valence-electron chi connectivity index (χ4n) is 8.58. The normalized spacial score (nSPS) is 22.5. The molecule has 3 fully saturated rings. The monoisotopic (exact) mass is 829 g/mol. The van der Waals surface area contributed by atoms with E-state index in [0.29, 0.717) is 32.4 Å².